The van der Waals surface area contributed by atoms with E-state index in [4.69, 9.17) is 4.74 Å². The molecule has 0 saturated heterocycles. The second-order valence-corrected chi connectivity index (χ2v) is 5.72. The van der Waals surface area contributed by atoms with Gasteiger partial charge in [0, 0.05) is 13.1 Å². The highest BCUT2D eigenvalue weighted by molar-refractivity contribution is 5.68. The van der Waals surface area contributed by atoms with Crippen molar-refractivity contribution in [2.75, 3.05) is 6.54 Å². The number of phenolic OH excluding ortho intramolecular Hbond substituents is 1. The lowest BCUT2D eigenvalue weighted by atomic mass is 9.99. The van der Waals surface area contributed by atoms with Crippen LogP contribution in [0.5, 0.6) is 5.75 Å². The first kappa shape index (κ1) is 13.6. The highest BCUT2D eigenvalue weighted by Crippen LogP contribution is 2.26. The van der Waals surface area contributed by atoms with Crippen molar-refractivity contribution in [3.63, 3.8) is 0 Å². The van der Waals surface area contributed by atoms with E-state index in [9.17, 15) is 14.3 Å². The number of carbonyl (C=O) groups is 1. The first-order chi connectivity index (χ1) is 8.76. The molecule has 2 rings (SSSR count). The van der Waals surface area contributed by atoms with E-state index in [-0.39, 0.29) is 5.75 Å². The number of aromatic hydroxyl groups is 1. The summed E-state index contributed by atoms with van der Waals surface area (Å²) < 4.78 is 18.6. The predicted molar refractivity (Wildman–Crippen MR) is 68.4 cm³/mol. The third kappa shape index (κ3) is 3.16. The Morgan fingerprint density at radius 3 is 2.68 bits per heavy atom. The van der Waals surface area contributed by atoms with Gasteiger partial charge >= 0.3 is 6.09 Å². The van der Waals surface area contributed by atoms with Crippen LogP contribution < -0.4 is 0 Å². The molecule has 5 heteroatoms. The number of benzene rings is 1. The zero-order valence-electron chi connectivity index (χ0n) is 11.4. The number of fused-ring (bicyclic) bond motifs is 1. The van der Waals surface area contributed by atoms with Gasteiger partial charge in [0.25, 0.3) is 0 Å². The van der Waals surface area contributed by atoms with E-state index < -0.39 is 17.5 Å². The van der Waals surface area contributed by atoms with Gasteiger partial charge in [0.1, 0.15) is 5.60 Å². The van der Waals surface area contributed by atoms with Crippen LogP contribution in [0, 0.1) is 5.82 Å². The Hall–Kier alpha value is -1.78. The molecule has 0 saturated carbocycles. The second-order valence-electron chi connectivity index (χ2n) is 5.72. The van der Waals surface area contributed by atoms with Crippen molar-refractivity contribution in [1.29, 1.82) is 0 Å². The first-order valence-corrected chi connectivity index (χ1v) is 6.24. The molecular formula is C14H18FNO3. The molecule has 0 bridgehead atoms. The molecule has 1 aromatic carbocycles. The molecule has 0 aromatic heterocycles. The molecule has 1 N–H and O–H groups in total. The Morgan fingerprint density at radius 2 is 2.05 bits per heavy atom. The van der Waals surface area contributed by atoms with Crippen molar-refractivity contribution in [1.82, 2.24) is 4.90 Å². The summed E-state index contributed by atoms with van der Waals surface area (Å²) in [7, 11) is 0. The topological polar surface area (TPSA) is 49.8 Å². The largest absolute Gasteiger partial charge is 0.505 e. The lowest BCUT2D eigenvalue weighted by Crippen LogP contribution is -2.39. The van der Waals surface area contributed by atoms with Crippen LogP contribution in [-0.4, -0.2) is 28.2 Å². The number of hydrogen-bond donors (Lipinski definition) is 1. The molecule has 0 spiro atoms. The number of ether oxygens (including phenoxy) is 1. The summed E-state index contributed by atoms with van der Waals surface area (Å²) in [6.45, 7) is 6.23. The molecule has 4 nitrogen and oxygen atoms in total. The summed E-state index contributed by atoms with van der Waals surface area (Å²) in [4.78, 5) is 13.5. The molecule has 0 aliphatic carbocycles. The molecule has 0 fully saturated rings. The lowest BCUT2D eigenvalue weighted by molar-refractivity contribution is 0.0223. The van der Waals surface area contributed by atoms with E-state index in [2.05, 4.69) is 0 Å². The zero-order chi connectivity index (χ0) is 14.2. The van der Waals surface area contributed by atoms with Gasteiger partial charge in [-0.2, -0.15) is 0 Å². The number of halogens is 1. The fourth-order valence-electron chi connectivity index (χ4n) is 2.05. The molecular weight excluding hydrogens is 249 g/mol. The van der Waals surface area contributed by atoms with E-state index in [1.807, 2.05) is 0 Å². The van der Waals surface area contributed by atoms with Crippen LogP contribution in [0.4, 0.5) is 9.18 Å². The molecule has 104 valence electrons. The normalized spacial score (nSPS) is 15.1. The molecule has 19 heavy (non-hydrogen) atoms. The van der Waals surface area contributed by atoms with Crippen molar-refractivity contribution >= 4 is 6.09 Å². The van der Waals surface area contributed by atoms with E-state index in [0.717, 1.165) is 5.56 Å². The van der Waals surface area contributed by atoms with Crippen LogP contribution >= 0.6 is 0 Å². The van der Waals surface area contributed by atoms with Gasteiger partial charge in [-0.1, -0.05) is 0 Å². The summed E-state index contributed by atoms with van der Waals surface area (Å²) in [5.41, 5.74) is 1.04. The molecule has 1 amide bonds. The lowest BCUT2D eigenvalue weighted by Gasteiger charge is -2.31. The van der Waals surface area contributed by atoms with Crippen molar-refractivity contribution in [3.8, 4) is 5.75 Å². The maximum Gasteiger partial charge on any atom is 0.410 e. The average molecular weight is 267 g/mol. The maximum absolute atomic E-state index is 13.3. The standard InChI is InChI=1S/C14H18FNO3/c1-14(2,3)19-13(18)16-5-4-9-7-12(17)11(15)6-10(9)8-16/h6-7,17H,4-5,8H2,1-3H3. The zero-order valence-corrected chi connectivity index (χ0v) is 11.4. The van der Waals surface area contributed by atoms with Gasteiger partial charge in [0.05, 0.1) is 0 Å². The Bertz CT molecular complexity index is 508. The second kappa shape index (κ2) is 4.72. The molecule has 0 unspecified atom stereocenters. The van der Waals surface area contributed by atoms with Crippen molar-refractivity contribution in [2.24, 2.45) is 0 Å². The van der Waals surface area contributed by atoms with Crippen molar-refractivity contribution < 1.29 is 19.0 Å². The minimum atomic E-state index is -0.662. The van der Waals surface area contributed by atoms with Crippen LogP contribution in [0.2, 0.25) is 0 Å². The highest BCUT2D eigenvalue weighted by atomic mass is 19.1. The molecule has 1 aromatic rings. The van der Waals surface area contributed by atoms with E-state index >= 15 is 0 Å². The number of nitrogens with zero attached hydrogens (tertiary/aromatic N) is 1. The van der Waals surface area contributed by atoms with Gasteiger partial charge in [-0.25, -0.2) is 9.18 Å². The SMILES string of the molecule is CC(C)(C)OC(=O)N1CCc2cc(O)c(F)cc2C1. The van der Waals surface area contributed by atoms with E-state index in [1.54, 1.807) is 25.7 Å². The summed E-state index contributed by atoms with van der Waals surface area (Å²) in [5.74, 6) is -1.01. The minimum absolute atomic E-state index is 0.307. The minimum Gasteiger partial charge on any atom is -0.505 e. The molecule has 0 atom stereocenters. The van der Waals surface area contributed by atoms with Gasteiger partial charge in [0.15, 0.2) is 11.6 Å². The predicted octanol–water partition coefficient (Wildman–Crippen LogP) is 2.82. The summed E-state index contributed by atoms with van der Waals surface area (Å²) >= 11 is 0. The monoisotopic (exact) mass is 267 g/mol. The molecule has 1 aliphatic heterocycles. The van der Waals surface area contributed by atoms with Crippen LogP contribution in [0.15, 0.2) is 12.1 Å². The molecule has 1 heterocycles. The quantitative estimate of drug-likeness (QED) is 0.786. The number of amides is 1. The van der Waals surface area contributed by atoms with Crippen LogP contribution in [0.25, 0.3) is 0 Å². The summed E-state index contributed by atoms with van der Waals surface area (Å²) in [6.07, 6.45) is 0.189. The van der Waals surface area contributed by atoms with Gasteiger partial charge < -0.3 is 14.7 Å². The van der Waals surface area contributed by atoms with Crippen LogP contribution in [0.3, 0.4) is 0 Å². The average Bonchev–Trinajstić information content (AvgIpc) is 2.27. The number of rotatable bonds is 0. The maximum atomic E-state index is 13.3. The van der Waals surface area contributed by atoms with Gasteiger partial charge in [-0.15, -0.1) is 0 Å². The fourth-order valence-corrected chi connectivity index (χ4v) is 2.05. The van der Waals surface area contributed by atoms with Crippen molar-refractivity contribution in [3.05, 3.63) is 29.1 Å². The number of carbonyl (C=O) groups excluding carboxylic acids is 1. The van der Waals surface area contributed by atoms with Gasteiger partial charge in [-0.3, -0.25) is 0 Å². The fraction of sp³-hybridized carbons (Fsp3) is 0.500. The number of phenols is 1. The smallest absolute Gasteiger partial charge is 0.410 e. The number of hydrogen-bond acceptors (Lipinski definition) is 3. The third-order valence-corrected chi connectivity index (χ3v) is 2.93. The Kier molecular flexibility index (Phi) is 3.39. The summed E-state index contributed by atoms with van der Waals surface area (Å²) in [5, 5.41) is 9.32. The van der Waals surface area contributed by atoms with Crippen LogP contribution in [0.1, 0.15) is 31.9 Å². The van der Waals surface area contributed by atoms with E-state index in [0.29, 0.717) is 25.1 Å². The summed E-state index contributed by atoms with van der Waals surface area (Å²) in [6, 6.07) is 2.71. The van der Waals surface area contributed by atoms with Gasteiger partial charge in [0.2, 0.25) is 0 Å². The van der Waals surface area contributed by atoms with Gasteiger partial charge in [-0.05, 0) is 50.5 Å². The van der Waals surface area contributed by atoms with Crippen LogP contribution in [-0.2, 0) is 17.7 Å². The Morgan fingerprint density at radius 1 is 1.37 bits per heavy atom. The molecule has 1 aliphatic rings. The Labute approximate surface area is 111 Å². The third-order valence-electron chi connectivity index (χ3n) is 2.93. The first-order valence-electron chi connectivity index (χ1n) is 6.24. The Balaban J connectivity index is 2.14. The highest BCUT2D eigenvalue weighted by Gasteiger charge is 2.26. The van der Waals surface area contributed by atoms with E-state index in [1.165, 1.54) is 12.1 Å². The molecule has 0 radical (unpaired) electrons. The van der Waals surface area contributed by atoms with Crippen molar-refractivity contribution in [2.45, 2.75) is 39.3 Å².